The maximum atomic E-state index is 12.0. The molecule has 2 aromatic carbocycles. The van der Waals surface area contributed by atoms with Crippen LogP contribution < -0.4 is 4.74 Å². The molecule has 0 saturated heterocycles. The van der Waals surface area contributed by atoms with E-state index >= 15 is 0 Å². The molecule has 0 N–H and O–H groups in total. The number of para-hydroxylation sites is 1. The van der Waals surface area contributed by atoms with E-state index in [1.165, 1.54) is 0 Å². The summed E-state index contributed by atoms with van der Waals surface area (Å²) >= 11 is 0. The Balaban J connectivity index is 2.21. The fourth-order valence-electron chi connectivity index (χ4n) is 1.86. The second kappa shape index (κ2) is 6.01. The van der Waals surface area contributed by atoms with Crippen molar-refractivity contribution in [2.75, 3.05) is 7.11 Å². The van der Waals surface area contributed by atoms with Gasteiger partial charge in [0.05, 0.1) is 7.11 Å². The highest BCUT2D eigenvalue weighted by atomic mass is 16.5. The third kappa shape index (κ3) is 3.32. The van der Waals surface area contributed by atoms with Crippen molar-refractivity contribution in [2.45, 2.75) is 6.92 Å². The molecule has 0 amide bonds. The minimum atomic E-state index is -0.00499. The van der Waals surface area contributed by atoms with Crippen molar-refractivity contribution >= 4 is 11.9 Å². The van der Waals surface area contributed by atoms with E-state index in [1.807, 2.05) is 55.5 Å². The summed E-state index contributed by atoms with van der Waals surface area (Å²) < 4.78 is 5.24. The molecule has 19 heavy (non-hydrogen) atoms. The summed E-state index contributed by atoms with van der Waals surface area (Å²) in [5.41, 5.74) is 2.67. The summed E-state index contributed by atoms with van der Waals surface area (Å²) in [5, 5.41) is 0. The topological polar surface area (TPSA) is 26.3 Å². The van der Waals surface area contributed by atoms with Gasteiger partial charge in [-0.15, -0.1) is 0 Å². The van der Waals surface area contributed by atoms with Gasteiger partial charge in [0.15, 0.2) is 5.78 Å². The summed E-state index contributed by atoms with van der Waals surface area (Å²) in [4.78, 5) is 12.0. The van der Waals surface area contributed by atoms with Crippen LogP contribution in [0.5, 0.6) is 5.75 Å². The van der Waals surface area contributed by atoms with E-state index < -0.39 is 0 Å². The van der Waals surface area contributed by atoms with Crippen molar-refractivity contribution in [2.24, 2.45) is 0 Å². The van der Waals surface area contributed by atoms with E-state index in [1.54, 1.807) is 19.3 Å². The molecule has 0 heterocycles. The number of rotatable bonds is 4. The molecule has 0 fully saturated rings. The minimum Gasteiger partial charge on any atom is -0.496 e. The molecule has 0 atom stereocenters. The molecule has 0 aliphatic rings. The van der Waals surface area contributed by atoms with E-state index in [9.17, 15) is 4.79 Å². The first kappa shape index (κ1) is 13.1. The molecule has 0 aromatic heterocycles. The Bertz CT molecular complexity index is 612. The molecule has 2 nitrogen and oxygen atoms in total. The van der Waals surface area contributed by atoms with Gasteiger partial charge in [-0.25, -0.2) is 0 Å². The largest absolute Gasteiger partial charge is 0.496 e. The highest BCUT2D eigenvalue weighted by molar-refractivity contribution is 6.07. The normalized spacial score (nSPS) is 10.6. The van der Waals surface area contributed by atoms with Crippen molar-refractivity contribution in [3.63, 3.8) is 0 Å². The predicted molar refractivity (Wildman–Crippen MR) is 77.5 cm³/mol. The van der Waals surface area contributed by atoms with Crippen LogP contribution in [-0.4, -0.2) is 12.9 Å². The van der Waals surface area contributed by atoms with Gasteiger partial charge in [-0.2, -0.15) is 0 Å². The SMILES string of the molecule is COc1ccccc1/C=C/C(=O)c1cccc(C)c1. The summed E-state index contributed by atoms with van der Waals surface area (Å²) in [7, 11) is 1.62. The molecule has 0 radical (unpaired) electrons. The van der Waals surface area contributed by atoms with Crippen LogP contribution in [0, 0.1) is 6.92 Å². The fraction of sp³-hybridized carbons (Fsp3) is 0.118. The monoisotopic (exact) mass is 252 g/mol. The molecule has 0 aliphatic carbocycles. The van der Waals surface area contributed by atoms with Crippen LogP contribution in [0.3, 0.4) is 0 Å². The van der Waals surface area contributed by atoms with Gasteiger partial charge < -0.3 is 4.74 Å². The predicted octanol–water partition coefficient (Wildman–Crippen LogP) is 3.90. The zero-order valence-corrected chi connectivity index (χ0v) is 11.1. The number of allylic oxidation sites excluding steroid dienone is 1. The van der Waals surface area contributed by atoms with Gasteiger partial charge >= 0.3 is 0 Å². The Hall–Kier alpha value is -2.35. The van der Waals surface area contributed by atoms with E-state index in [0.29, 0.717) is 5.56 Å². The van der Waals surface area contributed by atoms with Crippen LogP contribution in [0.1, 0.15) is 21.5 Å². The number of ether oxygens (including phenoxy) is 1. The number of hydrogen-bond acceptors (Lipinski definition) is 2. The van der Waals surface area contributed by atoms with Crippen LogP contribution >= 0.6 is 0 Å². The lowest BCUT2D eigenvalue weighted by Gasteiger charge is -2.03. The Morgan fingerprint density at radius 2 is 1.89 bits per heavy atom. The second-order valence-electron chi connectivity index (χ2n) is 4.31. The lowest BCUT2D eigenvalue weighted by Crippen LogP contribution is -1.94. The van der Waals surface area contributed by atoms with Crippen LogP contribution in [0.4, 0.5) is 0 Å². The molecule has 2 aromatic rings. The van der Waals surface area contributed by atoms with E-state index in [2.05, 4.69) is 0 Å². The third-order valence-corrected chi connectivity index (χ3v) is 2.86. The Morgan fingerprint density at radius 3 is 2.63 bits per heavy atom. The molecule has 0 aliphatic heterocycles. The first-order valence-electron chi connectivity index (χ1n) is 6.13. The summed E-state index contributed by atoms with van der Waals surface area (Å²) in [6.07, 6.45) is 3.36. The second-order valence-corrected chi connectivity index (χ2v) is 4.31. The van der Waals surface area contributed by atoms with Gasteiger partial charge in [-0.3, -0.25) is 4.79 Å². The Labute approximate surface area is 113 Å². The van der Waals surface area contributed by atoms with Crippen LogP contribution in [-0.2, 0) is 0 Å². The lowest BCUT2D eigenvalue weighted by atomic mass is 10.1. The molecule has 96 valence electrons. The molecular weight excluding hydrogens is 236 g/mol. The number of methoxy groups -OCH3 is 1. The van der Waals surface area contributed by atoms with E-state index in [0.717, 1.165) is 16.9 Å². The summed E-state index contributed by atoms with van der Waals surface area (Å²) in [5.74, 6) is 0.755. The average Bonchev–Trinajstić information content (AvgIpc) is 2.45. The smallest absolute Gasteiger partial charge is 0.185 e. The van der Waals surface area contributed by atoms with Crippen molar-refractivity contribution < 1.29 is 9.53 Å². The average molecular weight is 252 g/mol. The highest BCUT2D eigenvalue weighted by Gasteiger charge is 2.02. The van der Waals surface area contributed by atoms with Gasteiger partial charge in [0.2, 0.25) is 0 Å². The first-order chi connectivity index (χ1) is 9.20. The Morgan fingerprint density at radius 1 is 1.11 bits per heavy atom. The molecule has 2 heteroatoms. The zero-order chi connectivity index (χ0) is 13.7. The van der Waals surface area contributed by atoms with Gasteiger partial charge in [-0.1, -0.05) is 42.0 Å². The first-order valence-corrected chi connectivity index (χ1v) is 6.13. The van der Waals surface area contributed by atoms with Crippen molar-refractivity contribution in [3.8, 4) is 5.75 Å². The number of carbonyl (C=O) groups excluding carboxylic acids is 1. The molecule has 0 bridgehead atoms. The van der Waals surface area contributed by atoms with Crippen LogP contribution in [0.25, 0.3) is 6.08 Å². The quantitative estimate of drug-likeness (QED) is 0.609. The minimum absolute atomic E-state index is 0.00499. The number of aryl methyl sites for hydroxylation is 1. The van der Waals surface area contributed by atoms with Crippen molar-refractivity contribution in [3.05, 3.63) is 71.3 Å². The summed E-state index contributed by atoms with van der Waals surface area (Å²) in [6.45, 7) is 1.97. The van der Waals surface area contributed by atoms with E-state index in [4.69, 9.17) is 4.74 Å². The van der Waals surface area contributed by atoms with Gasteiger partial charge in [0, 0.05) is 11.1 Å². The number of benzene rings is 2. The summed E-state index contributed by atoms with van der Waals surface area (Å²) in [6, 6.07) is 15.2. The molecule has 2 rings (SSSR count). The molecule has 0 saturated carbocycles. The van der Waals surface area contributed by atoms with Gasteiger partial charge in [0.25, 0.3) is 0 Å². The number of carbonyl (C=O) groups is 1. The Kier molecular flexibility index (Phi) is 4.14. The van der Waals surface area contributed by atoms with Gasteiger partial charge in [0.1, 0.15) is 5.75 Å². The molecular formula is C17H16O2. The van der Waals surface area contributed by atoms with Crippen molar-refractivity contribution in [1.82, 2.24) is 0 Å². The highest BCUT2D eigenvalue weighted by Crippen LogP contribution is 2.19. The third-order valence-electron chi connectivity index (χ3n) is 2.86. The van der Waals surface area contributed by atoms with E-state index in [-0.39, 0.29) is 5.78 Å². The van der Waals surface area contributed by atoms with Crippen LogP contribution in [0.2, 0.25) is 0 Å². The number of ketones is 1. The molecule has 0 spiro atoms. The fourth-order valence-corrected chi connectivity index (χ4v) is 1.86. The van der Waals surface area contributed by atoms with Crippen LogP contribution in [0.15, 0.2) is 54.6 Å². The number of hydrogen-bond donors (Lipinski definition) is 0. The molecule has 0 unspecified atom stereocenters. The lowest BCUT2D eigenvalue weighted by molar-refractivity contribution is 0.104. The zero-order valence-electron chi connectivity index (χ0n) is 11.1. The van der Waals surface area contributed by atoms with Crippen molar-refractivity contribution in [1.29, 1.82) is 0 Å². The van der Waals surface area contributed by atoms with Gasteiger partial charge in [-0.05, 0) is 31.2 Å². The standard InChI is InChI=1S/C17H16O2/c1-13-6-5-8-15(12-13)16(18)11-10-14-7-3-4-9-17(14)19-2/h3-12H,1-2H3/b11-10+. The maximum Gasteiger partial charge on any atom is 0.185 e. The maximum absolute atomic E-state index is 12.0.